The van der Waals surface area contributed by atoms with Crippen molar-refractivity contribution in [3.05, 3.63) is 32.6 Å². The Morgan fingerprint density at radius 1 is 1.33 bits per heavy atom. The second-order valence-electron chi connectivity index (χ2n) is 5.32. The van der Waals surface area contributed by atoms with E-state index in [4.69, 9.17) is 5.11 Å². The van der Waals surface area contributed by atoms with Gasteiger partial charge in [-0.05, 0) is 6.42 Å². The number of aliphatic hydroxyl groups excluding tert-OH is 2. The van der Waals surface area contributed by atoms with Gasteiger partial charge < -0.3 is 15.1 Å². The zero-order valence-electron chi connectivity index (χ0n) is 12.0. The minimum absolute atomic E-state index is 0.00208. The predicted octanol–water partition coefficient (Wildman–Crippen LogP) is -2.10. The molecule has 1 aliphatic rings. The molecule has 2 heterocycles. The van der Waals surface area contributed by atoms with Gasteiger partial charge in [-0.15, -0.1) is 0 Å². The van der Waals surface area contributed by atoms with Crippen molar-refractivity contribution in [1.82, 2.24) is 14.0 Å². The third kappa shape index (κ3) is 2.77. The highest BCUT2D eigenvalue weighted by molar-refractivity contribution is 5.92. The van der Waals surface area contributed by atoms with Crippen molar-refractivity contribution in [2.45, 2.75) is 12.5 Å². The Bertz CT molecular complexity index is 663. The first-order valence-electron chi connectivity index (χ1n) is 6.72. The summed E-state index contributed by atoms with van der Waals surface area (Å²) in [6.07, 6.45) is -0.335. The molecule has 1 aromatic rings. The number of β-amino-alcohol motifs (C(OH)–C–C–N with tert-alkyl or cyclic N) is 1. The summed E-state index contributed by atoms with van der Waals surface area (Å²) in [4.78, 5) is 37.3. The summed E-state index contributed by atoms with van der Waals surface area (Å²) in [7, 11) is 2.77. The second-order valence-corrected chi connectivity index (χ2v) is 5.32. The number of carbonyl (C=O) groups excluding carboxylic acids is 1. The molecule has 1 fully saturated rings. The van der Waals surface area contributed by atoms with Crippen LogP contribution < -0.4 is 11.2 Å². The average molecular weight is 297 g/mol. The molecule has 0 aromatic carbocycles. The van der Waals surface area contributed by atoms with Crippen LogP contribution in [-0.2, 0) is 14.1 Å². The molecule has 2 N–H and O–H groups in total. The molecular formula is C13H19N3O5. The molecule has 116 valence electrons. The SMILES string of the molecule is Cn1c(C(=O)N2CC[C@H](CO)[C@H](O)C2)cc(=O)n(C)c1=O. The van der Waals surface area contributed by atoms with Crippen molar-refractivity contribution in [2.24, 2.45) is 20.0 Å². The van der Waals surface area contributed by atoms with E-state index < -0.39 is 23.3 Å². The minimum atomic E-state index is -0.809. The van der Waals surface area contributed by atoms with E-state index in [0.29, 0.717) is 13.0 Å². The molecule has 1 aromatic heterocycles. The van der Waals surface area contributed by atoms with Crippen LogP contribution in [-0.4, -0.2) is 56.0 Å². The van der Waals surface area contributed by atoms with Crippen molar-refractivity contribution < 1.29 is 15.0 Å². The summed E-state index contributed by atoms with van der Waals surface area (Å²) < 4.78 is 2.04. The van der Waals surface area contributed by atoms with Gasteiger partial charge in [0.05, 0.1) is 6.10 Å². The molecule has 2 rings (SSSR count). The molecule has 1 aliphatic heterocycles. The maximum absolute atomic E-state index is 12.4. The Hall–Kier alpha value is -1.93. The van der Waals surface area contributed by atoms with Crippen LogP contribution in [0.1, 0.15) is 16.9 Å². The van der Waals surface area contributed by atoms with Gasteiger partial charge in [-0.25, -0.2) is 4.79 Å². The minimum Gasteiger partial charge on any atom is -0.396 e. The number of piperidine rings is 1. The first kappa shape index (κ1) is 15.5. The van der Waals surface area contributed by atoms with Crippen LogP contribution in [0.15, 0.2) is 15.7 Å². The highest BCUT2D eigenvalue weighted by Crippen LogP contribution is 2.18. The van der Waals surface area contributed by atoms with E-state index in [1.807, 2.05) is 0 Å². The first-order valence-corrected chi connectivity index (χ1v) is 6.72. The molecule has 8 heteroatoms. The quantitative estimate of drug-likeness (QED) is 0.650. The summed E-state index contributed by atoms with van der Waals surface area (Å²) >= 11 is 0. The molecule has 0 saturated carbocycles. The van der Waals surface area contributed by atoms with Gasteiger partial charge in [-0.2, -0.15) is 0 Å². The van der Waals surface area contributed by atoms with E-state index in [1.54, 1.807) is 0 Å². The summed E-state index contributed by atoms with van der Waals surface area (Å²) in [5, 5.41) is 19.0. The fraction of sp³-hybridized carbons (Fsp3) is 0.615. The van der Waals surface area contributed by atoms with E-state index >= 15 is 0 Å². The Balaban J connectivity index is 2.30. The number of aromatic nitrogens is 2. The number of aliphatic hydroxyl groups is 2. The van der Waals surface area contributed by atoms with Crippen molar-refractivity contribution in [3.8, 4) is 0 Å². The summed E-state index contributed by atoms with van der Waals surface area (Å²) in [6.45, 7) is 0.311. The van der Waals surface area contributed by atoms with Crippen LogP contribution in [0.5, 0.6) is 0 Å². The van der Waals surface area contributed by atoms with Crippen molar-refractivity contribution in [1.29, 1.82) is 0 Å². The number of likely N-dealkylation sites (tertiary alicyclic amines) is 1. The van der Waals surface area contributed by atoms with Gasteiger partial charge in [0, 0.05) is 45.8 Å². The van der Waals surface area contributed by atoms with E-state index in [-0.39, 0.29) is 24.8 Å². The van der Waals surface area contributed by atoms with E-state index in [1.165, 1.54) is 19.0 Å². The Labute approximate surface area is 120 Å². The predicted molar refractivity (Wildman–Crippen MR) is 74.0 cm³/mol. The molecule has 1 amide bonds. The molecule has 0 aliphatic carbocycles. The first-order chi connectivity index (χ1) is 9.86. The molecular weight excluding hydrogens is 278 g/mol. The molecule has 0 bridgehead atoms. The van der Waals surface area contributed by atoms with Gasteiger partial charge in [0.15, 0.2) is 0 Å². The molecule has 8 nitrogen and oxygen atoms in total. The highest BCUT2D eigenvalue weighted by atomic mass is 16.3. The van der Waals surface area contributed by atoms with E-state index in [0.717, 1.165) is 15.2 Å². The van der Waals surface area contributed by atoms with Crippen molar-refractivity contribution >= 4 is 5.91 Å². The third-order valence-corrected chi connectivity index (χ3v) is 3.99. The van der Waals surface area contributed by atoms with Crippen molar-refractivity contribution in [3.63, 3.8) is 0 Å². The van der Waals surface area contributed by atoms with Gasteiger partial charge in [-0.1, -0.05) is 0 Å². The van der Waals surface area contributed by atoms with Crippen LogP contribution in [0.3, 0.4) is 0 Å². The standard InChI is InChI=1S/C13H19N3O5/c1-14-9(5-11(19)15(2)13(14)21)12(20)16-4-3-8(7-17)10(18)6-16/h5,8,10,17-18H,3-4,6-7H2,1-2H3/t8-,10-/m1/s1. The molecule has 21 heavy (non-hydrogen) atoms. The van der Waals surface area contributed by atoms with Crippen LogP contribution in [0.4, 0.5) is 0 Å². The number of hydrogen-bond donors (Lipinski definition) is 2. The number of carbonyl (C=O) groups is 1. The summed E-state index contributed by atoms with van der Waals surface area (Å²) in [6, 6.07) is 1.12. The lowest BCUT2D eigenvalue weighted by molar-refractivity contribution is 0.000441. The van der Waals surface area contributed by atoms with Crippen LogP contribution in [0, 0.1) is 5.92 Å². The van der Waals surface area contributed by atoms with Gasteiger partial charge >= 0.3 is 5.69 Å². The maximum atomic E-state index is 12.4. The number of rotatable bonds is 2. The lowest BCUT2D eigenvalue weighted by atomic mass is 9.94. The third-order valence-electron chi connectivity index (χ3n) is 3.99. The lowest BCUT2D eigenvalue weighted by Crippen LogP contribution is -2.49. The van der Waals surface area contributed by atoms with E-state index in [9.17, 15) is 19.5 Å². The Morgan fingerprint density at radius 2 is 2.00 bits per heavy atom. The van der Waals surface area contributed by atoms with Crippen LogP contribution >= 0.6 is 0 Å². The Kier molecular flexibility index (Phi) is 4.29. The fourth-order valence-corrected chi connectivity index (χ4v) is 2.48. The normalized spacial score (nSPS) is 22.4. The van der Waals surface area contributed by atoms with Crippen LogP contribution in [0.25, 0.3) is 0 Å². The smallest absolute Gasteiger partial charge is 0.331 e. The highest BCUT2D eigenvalue weighted by Gasteiger charge is 2.31. The molecule has 0 unspecified atom stereocenters. The number of hydrogen-bond acceptors (Lipinski definition) is 5. The summed E-state index contributed by atoms with van der Waals surface area (Å²) in [5.74, 6) is -0.718. The second kappa shape index (κ2) is 5.82. The molecule has 2 atom stereocenters. The topological polar surface area (TPSA) is 105 Å². The summed E-state index contributed by atoms with van der Waals surface area (Å²) in [5.41, 5.74) is -1.12. The molecule has 1 saturated heterocycles. The molecule has 0 spiro atoms. The van der Waals surface area contributed by atoms with Gasteiger partial charge in [0.25, 0.3) is 11.5 Å². The van der Waals surface area contributed by atoms with Gasteiger partial charge in [0.2, 0.25) is 0 Å². The monoisotopic (exact) mass is 297 g/mol. The average Bonchev–Trinajstić information content (AvgIpc) is 2.48. The Morgan fingerprint density at radius 3 is 2.57 bits per heavy atom. The zero-order valence-corrected chi connectivity index (χ0v) is 12.0. The largest absolute Gasteiger partial charge is 0.396 e. The number of nitrogens with zero attached hydrogens (tertiary/aromatic N) is 3. The van der Waals surface area contributed by atoms with Crippen LogP contribution in [0.2, 0.25) is 0 Å². The maximum Gasteiger partial charge on any atom is 0.331 e. The van der Waals surface area contributed by atoms with Crippen molar-refractivity contribution in [2.75, 3.05) is 19.7 Å². The fourth-order valence-electron chi connectivity index (χ4n) is 2.48. The van der Waals surface area contributed by atoms with E-state index in [2.05, 4.69) is 0 Å². The molecule has 0 radical (unpaired) electrons. The lowest BCUT2D eigenvalue weighted by Gasteiger charge is -2.35. The van der Waals surface area contributed by atoms with Gasteiger partial charge in [0.1, 0.15) is 5.69 Å². The number of amides is 1. The zero-order chi connectivity index (χ0) is 15.7. The van der Waals surface area contributed by atoms with Gasteiger partial charge in [-0.3, -0.25) is 18.7 Å².